The van der Waals surface area contributed by atoms with Gasteiger partial charge in [-0.25, -0.2) is 4.98 Å². The predicted molar refractivity (Wildman–Crippen MR) is 112 cm³/mol. The monoisotopic (exact) mass is 467 g/mol. The Kier molecular flexibility index (Phi) is 11.6. The van der Waals surface area contributed by atoms with E-state index in [-0.39, 0.29) is 24.0 Å². The number of aryl methyl sites for hydroxylation is 2. The van der Waals surface area contributed by atoms with Gasteiger partial charge in [0.05, 0.1) is 18.2 Å². The van der Waals surface area contributed by atoms with Crippen molar-refractivity contribution < 1.29 is 4.74 Å². The molecule has 24 heavy (non-hydrogen) atoms. The quantitative estimate of drug-likeness (QED) is 0.265. The van der Waals surface area contributed by atoms with Crippen LogP contribution < -0.4 is 10.6 Å². The van der Waals surface area contributed by atoms with Gasteiger partial charge in [0.25, 0.3) is 0 Å². The standard InChI is InChI=1S/C16H29N5OS.HI/c1-14-13-23-15(20-14)5-3-4-6-18-16(17-2)19-7-8-21-9-11-22-12-10-21;/h13H,3-12H2,1-2H3,(H2,17,18,19);1H. The minimum atomic E-state index is 0. The normalized spacial score (nSPS) is 15.8. The van der Waals surface area contributed by atoms with Crippen LogP contribution in [0.2, 0.25) is 0 Å². The zero-order valence-electron chi connectivity index (χ0n) is 14.7. The van der Waals surface area contributed by atoms with E-state index in [0.29, 0.717) is 0 Å². The van der Waals surface area contributed by atoms with E-state index in [2.05, 4.69) is 30.9 Å². The first-order valence-electron chi connectivity index (χ1n) is 8.43. The third-order valence-electron chi connectivity index (χ3n) is 3.82. The minimum Gasteiger partial charge on any atom is -0.379 e. The van der Waals surface area contributed by atoms with Crippen molar-refractivity contribution in [1.29, 1.82) is 0 Å². The van der Waals surface area contributed by atoms with Gasteiger partial charge in [-0.3, -0.25) is 9.89 Å². The first kappa shape index (κ1) is 21.6. The van der Waals surface area contributed by atoms with Gasteiger partial charge in [0.15, 0.2) is 5.96 Å². The molecule has 1 aromatic rings. The molecule has 0 atom stereocenters. The number of guanidine groups is 1. The van der Waals surface area contributed by atoms with Gasteiger partial charge in [0, 0.05) is 50.8 Å². The summed E-state index contributed by atoms with van der Waals surface area (Å²) in [7, 11) is 1.82. The SMILES string of the molecule is CN=C(NCCCCc1nc(C)cs1)NCCN1CCOCC1.I. The fourth-order valence-electron chi connectivity index (χ4n) is 2.50. The van der Waals surface area contributed by atoms with E-state index >= 15 is 0 Å². The molecule has 1 aliphatic heterocycles. The predicted octanol–water partition coefficient (Wildman–Crippen LogP) is 1.89. The lowest BCUT2D eigenvalue weighted by Gasteiger charge is -2.26. The number of rotatable bonds is 8. The van der Waals surface area contributed by atoms with E-state index in [9.17, 15) is 0 Å². The van der Waals surface area contributed by atoms with Crippen molar-refractivity contribution in [2.75, 3.05) is 53.0 Å². The summed E-state index contributed by atoms with van der Waals surface area (Å²) in [6.07, 6.45) is 3.36. The van der Waals surface area contributed by atoms with Crippen LogP contribution in [-0.4, -0.2) is 68.8 Å². The van der Waals surface area contributed by atoms with Crippen LogP contribution in [0.25, 0.3) is 0 Å². The van der Waals surface area contributed by atoms with Crippen molar-refractivity contribution >= 4 is 41.3 Å². The first-order chi connectivity index (χ1) is 11.3. The molecular formula is C16H30IN5OS. The molecule has 2 N–H and O–H groups in total. The highest BCUT2D eigenvalue weighted by Gasteiger charge is 2.09. The molecule has 0 saturated carbocycles. The summed E-state index contributed by atoms with van der Waals surface area (Å²) in [5, 5.41) is 10.1. The van der Waals surface area contributed by atoms with E-state index in [4.69, 9.17) is 4.74 Å². The molecule has 138 valence electrons. The Labute approximate surface area is 166 Å². The third kappa shape index (κ3) is 8.59. The fourth-order valence-corrected chi connectivity index (χ4v) is 3.32. The van der Waals surface area contributed by atoms with Crippen molar-refractivity contribution in [2.24, 2.45) is 4.99 Å². The molecule has 0 unspecified atom stereocenters. The van der Waals surface area contributed by atoms with Crippen LogP contribution in [0.3, 0.4) is 0 Å². The average Bonchev–Trinajstić information content (AvgIpc) is 2.99. The Morgan fingerprint density at radius 3 is 2.71 bits per heavy atom. The second kappa shape index (κ2) is 12.8. The number of morpholine rings is 1. The molecule has 0 radical (unpaired) electrons. The number of hydrogen-bond acceptors (Lipinski definition) is 5. The number of halogens is 1. The molecule has 0 amide bonds. The number of aromatic nitrogens is 1. The van der Waals surface area contributed by atoms with Gasteiger partial charge in [-0.05, 0) is 26.2 Å². The van der Waals surface area contributed by atoms with Crippen molar-refractivity contribution in [3.8, 4) is 0 Å². The van der Waals surface area contributed by atoms with E-state index in [0.717, 1.165) is 76.9 Å². The molecule has 2 heterocycles. The highest BCUT2D eigenvalue weighted by atomic mass is 127. The van der Waals surface area contributed by atoms with Crippen LogP contribution in [-0.2, 0) is 11.2 Å². The zero-order valence-corrected chi connectivity index (χ0v) is 17.9. The lowest BCUT2D eigenvalue weighted by Crippen LogP contribution is -2.44. The second-order valence-corrected chi connectivity index (χ2v) is 6.66. The molecule has 1 saturated heterocycles. The molecule has 1 fully saturated rings. The third-order valence-corrected chi connectivity index (χ3v) is 4.85. The van der Waals surface area contributed by atoms with E-state index < -0.39 is 0 Å². The highest BCUT2D eigenvalue weighted by Crippen LogP contribution is 2.11. The number of thiazole rings is 1. The zero-order chi connectivity index (χ0) is 16.3. The van der Waals surface area contributed by atoms with E-state index in [1.165, 1.54) is 5.01 Å². The molecule has 0 aliphatic carbocycles. The van der Waals surface area contributed by atoms with Gasteiger partial charge in [0.1, 0.15) is 0 Å². The summed E-state index contributed by atoms with van der Waals surface area (Å²) in [5.74, 6) is 0.892. The fraction of sp³-hybridized carbons (Fsp3) is 0.750. The van der Waals surface area contributed by atoms with Crippen molar-refractivity contribution in [2.45, 2.75) is 26.2 Å². The lowest BCUT2D eigenvalue weighted by molar-refractivity contribution is 0.0389. The van der Waals surface area contributed by atoms with Gasteiger partial charge >= 0.3 is 0 Å². The molecule has 0 bridgehead atoms. The topological polar surface area (TPSA) is 61.8 Å². The van der Waals surface area contributed by atoms with Gasteiger partial charge in [-0.1, -0.05) is 0 Å². The Bertz CT molecular complexity index is 477. The Morgan fingerprint density at radius 1 is 1.29 bits per heavy atom. The smallest absolute Gasteiger partial charge is 0.191 e. The molecule has 0 aromatic carbocycles. The lowest BCUT2D eigenvalue weighted by atomic mass is 10.2. The van der Waals surface area contributed by atoms with Crippen LogP contribution in [0.4, 0.5) is 0 Å². The maximum atomic E-state index is 5.36. The number of unbranched alkanes of at least 4 members (excludes halogenated alkanes) is 1. The van der Waals surface area contributed by atoms with Crippen LogP contribution in [0, 0.1) is 6.92 Å². The highest BCUT2D eigenvalue weighted by molar-refractivity contribution is 14.0. The van der Waals surface area contributed by atoms with Crippen LogP contribution in [0.15, 0.2) is 10.4 Å². The number of nitrogens with one attached hydrogen (secondary N) is 2. The Balaban J connectivity index is 0.00000288. The first-order valence-corrected chi connectivity index (χ1v) is 9.31. The molecule has 1 aromatic heterocycles. The van der Waals surface area contributed by atoms with Crippen molar-refractivity contribution in [1.82, 2.24) is 20.5 Å². The van der Waals surface area contributed by atoms with Gasteiger partial charge in [0.2, 0.25) is 0 Å². The number of aliphatic imine (C=N–C) groups is 1. The molecule has 0 spiro atoms. The molecule has 1 aliphatic rings. The molecular weight excluding hydrogens is 437 g/mol. The molecule has 8 heteroatoms. The molecule has 2 rings (SSSR count). The second-order valence-electron chi connectivity index (χ2n) is 5.72. The maximum Gasteiger partial charge on any atom is 0.191 e. The Hall–Kier alpha value is -0.450. The Morgan fingerprint density at radius 2 is 2.04 bits per heavy atom. The summed E-state index contributed by atoms with van der Waals surface area (Å²) in [5.41, 5.74) is 1.13. The maximum absolute atomic E-state index is 5.36. The van der Waals surface area contributed by atoms with Crippen LogP contribution in [0.5, 0.6) is 0 Å². The number of nitrogens with zero attached hydrogens (tertiary/aromatic N) is 3. The van der Waals surface area contributed by atoms with Gasteiger partial charge < -0.3 is 15.4 Å². The summed E-state index contributed by atoms with van der Waals surface area (Å²) in [6.45, 7) is 8.71. The van der Waals surface area contributed by atoms with E-state index in [1.807, 2.05) is 14.0 Å². The minimum absolute atomic E-state index is 0. The largest absolute Gasteiger partial charge is 0.379 e. The number of ether oxygens (including phenoxy) is 1. The summed E-state index contributed by atoms with van der Waals surface area (Å²) < 4.78 is 5.36. The van der Waals surface area contributed by atoms with Crippen LogP contribution >= 0.6 is 35.3 Å². The van der Waals surface area contributed by atoms with E-state index in [1.54, 1.807) is 11.3 Å². The van der Waals surface area contributed by atoms with Crippen molar-refractivity contribution in [3.63, 3.8) is 0 Å². The van der Waals surface area contributed by atoms with Gasteiger partial charge in [-0.2, -0.15) is 0 Å². The molecule has 6 nitrogen and oxygen atoms in total. The summed E-state index contributed by atoms with van der Waals surface area (Å²) in [4.78, 5) is 11.2. The summed E-state index contributed by atoms with van der Waals surface area (Å²) >= 11 is 1.76. The summed E-state index contributed by atoms with van der Waals surface area (Å²) in [6, 6.07) is 0. The number of hydrogen-bond donors (Lipinski definition) is 2. The van der Waals surface area contributed by atoms with Crippen LogP contribution in [0.1, 0.15) is 23.5 Å². The van der Waals surface area contributed by atoms with Gasteiger partial charge in [-0.15, -0.1) is 35.3 Å². The van der Waals surface area contributed by atoms with Crippen molar-refractivity contribution in [3.05, 3.63) is 16.1 Å². The average molecular weight is 467 g/mol.